The van der Waals surface area contributed by atoms with Gasteiger partial charge in [-0.1, -0.05) is 0 Å². The van der Waals surface area contributed by atoms with Gasteiger partial charge in [0.25, 0.3) is 0 Å². The Morgan fingerprint density at radius 1 is 1.32 bits per heavy atom. The number of anilines is 2. The van der Waals surface area contributed by atoms with Crippen LogP contribution >= 0.6 is 11.3 Å². The van der Waals surface area contributed by atoms with E-state index in [2.05, 4.69) is 30.4 Å². The highest BCUT2D eigenvalue weighted by molar-refractivity contribution is 7.19. The van der Waals surface area contributed by atoms with Crippen LogP contribution in [0.1, 0.15) is 23.3 Å². The van der Waals surface area contributed by atoms with E-state index in [0.29, 0.717) is 25.4 Å². The Balaban J connectivity index is 1.26. The van der Waals surface area contributed by atoms with Gasteiger partial charge in [-0.15, -0.1) is 11.3 Å². The smallest absolute Gasteiger partial charge is 0.225 e. The molecule has 3 aromatic heterocycles. The van der Waals surface area contributed by atoms with Gasteiger partial charge in [0.15, 0.2) is 0 Å². The average molecular weight is 524 g/mol. The summed E-state index contributed by atoms with van der Waals surface area (Å²) in [6.07, 6.45) is 5.87. The fraction of sp³-hybridized carbons (Fsp3) is 0.462. The average Bonchev–Trinajstić information content (AvgIpc) is 3.48. The molecule has 4 aromatic rings. The number of aryl methyl sites for hydroxylation is 1. The second-order valence-corrected chi connectivity index (χ2v) is 11.2. The molecule has 2 aliphatic rings. The highest BCUT2D eigenvalue weighted by atomic mass is 32.1. The molecule has 194 valence electrons. The van der Waals surface area contributed by atoms with Crippen LogP contribution in [-0.4, -0.2) is 82.4 Å². The SMILES string of the molecule is CN(C)C(=O)[C@H]1CCc2c(sc3ncnc(Nc4cc5cn[nH]c5cc4OCCCN4CC(F)C4)c23)C1. The fourth-order valence-corrected chi connectivity index (χ4v) is 6.52. The van der Waals surface area contributed by atoms with Crippen molar-refractivity contribution in [2.45, 2.75) is 31.9 Å². The molecule has 0 unspecified atom stereocenters. The molecule has 0 saturated carbocycles. The minimum absolute atomic E-state index is 0.00971. The highest BCUT2D eigenvalue weighted by Crippen LogP contribution is 2.42. The van der Waals surface area contributed by atoms with Crippen molar-refractivity contribution in [2.24, 2.45) is 5.92 Å². The van der Waals surface area contributed by atoms with Crippen molar-refractivity contribution in [1.29, 1.82) is 0 Å². The number of halogens is 1. The molecule has 6 rings (SSSR count). The van der Waals surface area contributed by atoms with E-state index in [1.165, 1.54) is 10.4 Å². The normalized spacial score (nSPS) is 18.1. The van der Waals surface area contributed by atoms with Gasteiger partial charge in [0, 0.05) is 56.0 Å². The van der Waals surface area contributed by atoms with Crippen molar-refractivity contribution < 1.29 is 13.9 Å². The molecule has 1 aromatic carbocycles. The lowest BCUT2D eigenvalue weighted by atomic mass is 9.87. The summed E-state index contributed by atoms with van der Waals surface area (Å²) in [5.74, 6) is 1.63. The Hall–Kier alpha value is -3.31. The molecule has 0 spiro atoms. The molecule has 37 heavy (non-hydrogen) atoms. The summed E-state index contributed by atoms with van der Waals surface area (Å²) in [7, 11) is 3.63. The monoisotopic (exact) mass is 523 g/mol. The number of ether oxygens (including phenoxy) is 1. The van der Waals surface area contributed by atoms with Crippen LogP contribution in [0.3, 0.4) is 0 Å². The Bertz CT molecular complexity index is 1450. The third-order valence-corrected chi connectivity index (χ3v) is 8.38. The number of carbonyl (C=O) groups excluding carboxylic acids is 1. The zero-order valence-electron chi connectivity index (χ0n) is 21.0. The van der Waals surface area contributed by atoms with Gasteiger partial charge >= 0.3 is 0 Å². The van der Waals surface area contributed by atoms with Gasteiger partial charge in [0.1, 0.15) is 28.9 Å². The molecule has 2 N–H and O–H groups in total. The van der Waals surface area contributed by atoms with E-state index in [0.717, 1.165) is 64.9 Å². The Morgan fingerprint density at radius 2 is 2.19 bits per heavy atom. The number of likely N-dealkylation sites (tertiary alicyclic amines) is 1. The number of amides is 1. The fourth-order valence-electron chi connectivity index (χ4n) is 5.26. The van der Waals surface area contributed by atoms with E-state index in [1.54, 1.807) is 28.8 Å². The third-order valence-electron chi connectivity index (χ3n) is 7.22. The largest absolute Gasteiger partial charge is 0.491 e. The van der Waals surface area contributed by atoms with Gasteiger partial charge in [-0.2, -0.15) is 5.10 Å². The quantitative estimate of drug-likeness (QED) is 0.338. The molecular formula is C26H30FN7O2S. The molecule has 1 aliphatic carbocycles. The summed E-state index contributed by atoms with van der Waals surface area (Å²) in [6.45, 7) is 2.38. The predicted molar refractivity (Wildman–Crippen MR) is 142 cm³/mol. The first kappa shape index (κ1) is 24.1. The Labute approximate surface area is 218 Å². The van der Waals surface area contributed by atoms with Crippen LogP contribution in [0, 0.1) is 5.92 Å². The minimum atomic E-state index is -0.689. The molecule has 4 heterocycles. The number of aromatic amines is 1. The van der Waals surface area contributed by atoms with E-state index < -0.39 is 6.17 Å². The minimum Gasteiger partial charge on any atom is -0.491 e. The zero-order valence-corrected chi connectivity index (χ0v) is 21.8. The molecule has 1 aliphatic heterocycles. The van der Waals surface area contributed by atoms with Crippen molar-refractivity contribution >= 4 is 49.9 Å². The van der Waals surface area contributed by atoms with E-state index in [1.807, 2.05) is 26.2 Å². The summed E-state index contributed by atoms with van der Waals surface area (Å²) >= 11 is 1.65. The maximum atomic E-state index is 13.1. The molecule has 0 bridgehead atoms. The lowest BCUT2D eigenvalue weighted by Crippen LogP contribution is -2.48. The number of nitrogens with zero attached hydrogens (tertiary/aromatic N) is 5. The van der Waals surface area contributed by atoms with Crippen LogP contribution in [0.5, 0.6) is 5.75 Å². The first-order chi connectivity index (χ1) is 18.0. The van der Waals surface area contributed by atoms with Crippen molar-refractivity contribution in [3.8, 4) is 5.75 Å². The number of carbonyl (C=O) groups is 1. The summed E-state index contributed by atoms with van der Waals surface area (Å²) < 4.78 is 19.3. The van der Waals surface area contributed by atoms with Crippen LogP contribution in [0.25, 0.3) is 21.1 Å². The number of alkyl halides is 1. The lowest BCUT2D eigenvalue weighted by molar-refractivity contribution is -0.133. The van der Waals surface area contributed by atoms with Gasteiger partial charge in [0.2, 0.25) is 5.91 Å². The van der Waals surface area contributed by atoms with Gasteiger partial charge in [-0.3, -0.25) is 14.8 Å². The number of nitrogens with one attached hydrogen (secondary N) is 2. The Kier molecular flexibility index (Phi) is 6.41. The van der Waals surface area contributed by atoms with Crippen molar-refractivity contribution in [2.75, 3.05) is 45.7 Å². The van der Waals surface area contributed by atoms with Crippen LogP contribution in [0.4, 0.5) is 15.9 Å². The molecule has 1 atom stereocenters. The van der Waals surface area contributed by atoms with Gasteiger partial charge < -0.3 is 15.0 Å². The van der Waals surface area contributed by atoms with Gasteiger partial charge in [0.05, 0.1) is 29.4 Å². The molecule has 11 heteroatoms. The number of aromatic nitrogens is 4. The Morgan fingerprint density at radius 3 is 3.00 bits per heavy atom. The van der Waals surface area contributed by atoms with Crippen LogP contribution < -0.4 is 10.1 Å². The maximum absolute atomic E-state index is 13.1. The maximum Gasteiger partial charge on any atom is 0.225 e. The zero-order chi connectivity index (χ0) is 25.5. The lowest BCUT2D eigenvalue weighted by Gasteiger charge is -2.34. The molecular weight excluding hydrogens is 493 g/mol. The summed E-state index contributed by atoms with van der Waals surface area (Å²) in [5.41, 5.74) is 2.93. The number of thiophene rings is 1. The second-order valence-electron chi connectivity index (χ2n) is 10.1. The topological polar surface area (TPSA) is 99.3 Å². The standard InChI is InChI=1S/C26H30FN7O2S/c1-33(2)26(35)15-4-5-18-22(9-15)37-25-23(18)24(28-14-29-25)31-20-8-16-11-30-32-19(16)10-21(20)36-7-3-6-34-12-17(27)13-34/h8,10-11,14-15,17H,3-7,9,12-13H2,1-2H3,(H,30,32)(H,28,29,31)/t15-/m0/s1. The number of H-pyrrole nitrogens is 1. The van der Waals surface area contributed by atoms with Gasteiger partial charge in [-0.05, 0) is 37.3 Å². The van der Waals surface area contributed by atoms with Gasteiger partial charge in [-0.25, -0.2) is 14.4 Å². The van der Waals surface area contributed by atoms with Crippen LogP contribution in [0.2, 0.25) is 0 Å². The highest BCUT2D eigenvalue weighted by Gasteiger charge is 2.30. The number of hydrogen-bond donors (Lipinski definition) is 2. The first-order valence-corrected chi connectivity index (χ1v) is 13.5. The van der Waals surface area contributed by atoms with E-state index >= 15 is 0 Å². The summed E-state index contributed by atoms with van der Waals surface area (Å²) in [6, 6.07) is 3.96. The number of fused-ring (bicyclic) bond motifs is 4. The van der Waals surface area contributed by atoms with E-state index in [4.69, 9.17) is 4.74 Å². The number of rotatable bonds is 8. The van der Waals surface area contributed by atoms with Crippen molar-refractivity contribution in [3.63, 3.8) is 0 Å². The van der Waals surface area contributed by atoms with Crippen molar-refractivity contribution in [1.82, 2.24) is 30.0 Å². The predicted octanol–water partition coefficient (Wildman–Crippen LogP) is 3.93. The molecule has 1 amide bonds. The van der Waals surface area contributed by atoms with Crippen molar-refractivity contribution in [3.05, 3.63) is 35.1 Å². The first-order valence-electron chi connectivity index (χ1n) is 12.7. The van der Waals surface area contributed by atoms with Crippen LogP contribution in [-0.2, 0) is 17.6 Å². The molecule has 9 nitrogen and oxygen atoms in total. The van der Waals surface area contributed by atoms with E-state index in [-0.39, 0.29) is 11.8 Å². The molecule has 0 radical (unpaired) electrons. The third kappa shape index (κ3) is 4.73. The summed E-state index contributed by atoms with van der Waals surface area (Å²) in [4.78, 5) is 27.7. The number of benzene rings is 1. The second kappa shape index (κ2) is 9.86. The van der Waals surface area contributed by atoms with Crippen LogP contribution in [0.15, 0.2) is 24.7 Å². The molecule has 1 saturated heterocycles. The molecule has 1 fully saturated rings. The van der Waals surface area contributed by atoms with E-state index in [9.17, 15) is 9.18 Å². The summed E-state index contributed by atoms with van der Waals surface area (Å²) in [5, 5.41) is 12.7. The number of hydrogen-bond acceptors (Lipinski definition) is 8.